The van der Waals surface area contributed by atoms with E-state index in [0.717, 1.165) is 29.4 Å². The van der Waals surface area contributed by atoms with Crippen LogP contribution in [0.4, 0.5) is 0 Å². The molecule has 0 spiro atoms. The molecule has 0 atom stereocenters. The summed E-state index contributed by atoms with van der Waals surface area (Å²) in [6.45, 7) is 2.00. The summed E-state index contributed by atoms with van der Waals surface area (Å²) in [5.74, 6) is 0.628. The number of fused-ring (bicyclic) bond motifs is 1. The van der Waals surface area contributed by atoms with E-state index in [9.17, 15) is 4.79 Å². The van der Waals surface area contributed by atoms with E-state index in [4.69, 9.17) is 4.74 Å². The van der Waals surface area contributed by atoms with Crippen molar-refractivity contribution in [3.05, 3.63) is 36.0 Å². The van der Waals surface area contributed by atoms with Gasteiger partial charge in [-0.05, 0) is 31.9 Å². The Labute approximate surface area is 137 Å². The predicted molar refractivity (Wildman–Crippen MR) is 91.6 cm³/mol. The minimum Gasteiger partial charge on any atom is -0.481 e. The number of amides is 1. The lowest BCUT2D eigenvalue weighted by molar-refractivity contribution is -0.123. The second-order valence-corrected chi connectivity index (χ2v) is 6.33. The lowest BCUT2D eigenvalue weighted by Gasteiger charge is -2.16. The van der Waals surface area contributed by atoms with E-state index in [1.165, 1.54) is 25.7 Å². The quantitative estimate of drug-likeness (QED) is 0.875. The Kier molecular flexibility index (Phi) is 5.11. The summed E-state index contributed by atoms with van der Waals surface area (Å²) in [5.41, 5.74) is 1.76. The SMILES string of the molecule is Cc1ccc2cccc(OCC(=O)NC3CCCCCC3)c2n1. The summed E-state index contributed by atoms with van der Waals surface area (Å²) < 4.78 is 5.73. The molecule has 0 saturated heterocycles. The molecule has 0 radical (unpaired) electrons. The average molecular weight is 312 g/mol. The normalized spacial score (nSPS) is 16.0. The molecule has 1 amide bonds. The molecule has 1 aliphatic carbocycles. The zero-order valence-electron chi connectivity index (χ0n) is 13.7. The summed E-state index contributed by atoms with van der Waals surface area (Å²) in [6.07, 6.45) is 7.14. The van der Waals surface area contributed by atoms with Crippen molar-refractivity contribution in [1.82, 2.24) is 10.3 Å². The van der Waals surface area contributed by atoms with Gasteiger partial charge in [-0.25, -0.2) is 4.98 Å². The van der Waals surface area contributed by atoms with E-state index < -0.39 is 0 Å². The third-order valence-corrected chi connectivity index (χ3v) is 4.40. The van der Waals surface area contributed by atoms with E-state index in [-0.39, 0.29) is 12.5 Å². The van der Waals surface area contributed by atoms with E-state index in [1.54, 1.807) is 0 Å². The molecule has 1 aromatic heterocycles. The zero-order chi connectivity index (χ0) is 16.1. The highest BCUT2D eigenvalue weighted by atomic mass is 16.5. The van der Waals surface area contributed by atoms with Crippen molar-refractivity contribution in [2.24, 2.45) is 0 Å². The number of aryl methyl sites for hydroxylation is 1. The van der Waals surface area contributed by atoms with Crippen LogP contribution in [0.25, 0.3) is 10.9 Å². The van der Waals surface area contributed by atoms with Gasteiger partial charge in [0, 0.05) is 17.1 Å². The average Bonchev–Trinajstić information content (AvgIpc) is 2.81. The highest BCUT2D eigenvalue weighted by Gasteiger charge is 2.15. The van der Waals surface area contributed by atoms with Gasteiger partial charge in [-0.2, -0.15) is 0 Å². The molecule has 1 N–H and O–H groups in total. The van der Waals surface area contributed by atoms with Crippen molar-refractivity contribution in [3.8, 4) is 5.75 Å². The van der Waals surface area contributed by atoms with Crippen molar-refractivity contribution in [2.45, 2.75) is 51.5 Å². The highest BCUT2D eigenvalue weighted by molar-refractivity contribution is 5.85. The molecule has 2 aromatic rings. The molecular formula is C19H24N2O2. The first-order chi connectivity index (χ1) is 11.2. The number of ether oxygens (including phenoxy) is 1. The fourth-order valence-electron chi connectivity index (χ4n) is 3.17. The standard InChI is InChI=1S/C19H24N2O2/c1-14-11-12-15-7-6-10-17(19(15)20-14)23-13-18(22)21-16-8-4-2-3-5-9-16/h6-7,10-12,16H,2-5,8-9,13H2,1H3,(H,21,22). The molecule has 1 fully saturated rings. The van der Waals surface area contributed by atoms with Gasteiger partial charge in [-0.1, -0.05) is 43.9 Å². The highest BCUT2D eigenvalue weighted by Crippen LogP contribution is 2.24. The maximum atomic E-state index is 12.1. The van der Waals surface area contributed by atoms with Crippen LogP contribution in [0.1, 0.15) is 44.2 Å². The molecule has 4 heteroatoms. The maximum absolute atomic E-state index is 12.1. The summed E-state index contributed by atoms with van der Waals surface area (Å²) in [7, 11) is 0. The van der Waals surface area contributed by atoms with Crippen molar-refractivity contribution in [3.63, 3.8) is 0 Å². The van der Waals surface area contributed by atoms with Gasteiger partial charge in [-0.3, -0.25) is 4.79 Å². The number of nitrogens with one attached hydrogen (secondary N) is 1. The number of aromatic nitrogens is 1. The summed E-state index contributed by atoms with van der Waals surface area (Å²) in [5, 5.41) is 4.13. The first-order valence-corrected chi connectivity index (χ1v) is 8.51. The number of rotatable bonds is 4. The third kappa shape index (κ3) is 4.21. The number of benzene rings is 1. The smallest absolute Gasteiger partial charge is 0.258 e. The molecular weight excluding hydrogens is 288 g/mol. The number of carbonyl (C=O) groups excluding carboxylic acids is 1. The molecule has 4 nitrogen and oxygen atoms in total. The minimum absolute atomic E-state index is 0.0402. The van der Waals surface area contributed by atoms with Gasteiger partial charge < -0.3 is 10.1 Å². The Morgan fingerprint density at radius 1 is 1.17 bits per heavy atom. The number of para-hydroxylation sites is 1. The first kappa shape index (κ1) is 15.8. The van der Waals surface area contributed by atoms with Gasteiger partial charge in [0.2, 0.25) is 0 Å². The molecule has 122 valence electrons. The Morgan fingerprint density at radius 2 is 1.96 bits per heavy atom. The van der Waals surface area contributed by atoms with Crippen LogP contribution in [0.15, 0.2) is 30.3 Å². The van der Waals surface area contributed by atoms with Crippen molar-refractivity contribution in [2.75, 3.05) is 6.61 Å². The molecule has 1 heterocycles. The van der Waals surface area contributed by atoms with Crippen molar-refractivity contribution in [1.29, 1.82) is 0 Å². The number of carbonyl (C=O) groups is 1. The van der Waals surface area contributed by atoms with Crippen molar-refractivity contribution < 1.29 is 9.53 Å². The number of pyridine rings is 1. The molecule has 23 heavy (non-hydrogen) atoms. The predicted octanol–water partition coefficient (Wildman–Crippen LogP) is 3.76. The van der Waals surface area contributed by atoms with Gasteiger partial charge in [-0.15, -0.1) is 0 Å². The topological polar surface area (TPSA) is 51.2 Å². The Bertz CT molecular complexity index is 676. The van der Waals surface area contributed by atoms with Gasteiger partial charge in [0.1, 0.15) is 11.3 Å². The van der Waals surface area contributed by atoms with Gasteiger partial charge >= 0.3 is 0 Å². The second kappa shape index (κ2) is 7.44. The van der Waals surface area contributed by atoms with Gasteiger partial charge in [0.15, 0.2) is 6.61 Å². The van der Waals surface area contributed by atoms with Gasteiger partial charge in [0.25, 0.3) is 5.91 Å². The largest absolute Gasteiger partial charge is 0.481 e. The Morgan fingerprint density at radius 3 is 2.74 bits per heavy atom. The van der Waals surface area contributed by atoms with E-state index in [2.05, 4.69) is 10.3 Å². The van der Waals surface area contributed by atoms with Crippen LogP contribution >= 0.6 is 0 Å². The van der Waals surface area contributed by atoms with Crippen LogP contribution in [0.5, 0.6) is 5.75 Å². The molecule has 1 aliphatic rings. The lowest BCUT2D eigenvalue weighted by atomic mass is 10.1. The molecule has 1 saturated carbocycles. The van der Waals surface area contributed by atoms with E-state index >= 15 is 0 Å². The van der Waals surface area contributed by atoms with Crippen LogP contribution in [0, 0.1) is 6.92 Å². The van der Waals surface area contributed by atoms with Crippen LogP contribution in [-0.4, -0.2) is 23.5 Å². The maximum Gasteiger partial charge on any atom is 0.258 e. The Balaban J connectivity index is 1.61. The monoisotopic (exact) mass is 312 g/mol. The van der Waals surface area contributed by atoms with Gasteiger partial charge in [0.05, 0.1) is 0 Å². The fraction of sp³-hybridized carbons (Fsp3) is 0.474. The summed E-state index contributed by atoms with van der Waals surface area (Å²) >= 11 is 0. The lowest BCUT2D eigenvalue weighted by Crippen LogP contribution is -2.37. The van der Waals surface area contributed by atoms with Crippen molar-refractivity contribution >= 4 is 16.8 Å². The number of hydrogen-bond acceptors (Lipinski definition) is 3. The second-order valence-electron chi connectivity index (χ2n) is 6.33. The number of nitrogens with zero attached hydrogens (tertiary/aromatic N) is 1. The number of hydrogen-bond donors (Lipinski definition) is 1. The summed E-state index contributed by atoms with van der Waals surface area (Å²) in [4.78, 5) is 16.7. The summed E-state index contributed by atoms with van der Waals surface area (Å²) in [6, 6.07) is 10.1. The van der Waals surface area contributed by atoms with Crippen LogP contribution in [0.3, 0.4) is 0 Å². The van der Waals surface area contributed by atoms with E-state index in [1.807, 2.05) is 37.3 Å². The first-order valence-electron chi connectivity index (χ1n) is 8.51. The van der Waals surface area contributed by atoms with Crippen LogP contribution < -0.4 is 10.1 Å². The third-order valence-electron chi connectivity index (χ3n) is 4.40. The van der Waals surface area contributed by atoms with E-state index in [0.29, 0.717) is 11.8 Å². The molecule has 0 aliphatic heterocycles. The molecule has 0 unspecified atom stereocenters. The van der Waals surface area contributed by atoms with Crippen LogP contribution in [-0.2, 0) is 4.79 Å². The molecule has 0 bridgehead atoms. The fourth-order valence-corrected chi connectivity index (χ4v) is 3.17. The Hall–Kier alpha value is -2.10. The molecule has 1 aromatic carbocycles. The minimum atomic E-state index is -0.0402. The van der Waals surface area contributed by atoms with Crippen LogP contribution in [0.2, 0.25) is 0 Å². The zero-order valence-corrected chi connectivity index (χ0v) is 13.7. The molecule has 3 rings (SSSR count).